The van der Waals surface area contributed by atoms with Gasteiger partial charge >= 0.3 is 0 Å². The first kappa shape index (κ1) is 16.9. The first-order valence-electron chi connectivity index (χ1n) is 8.56. The van der Waals surface area contributed by atoms with Gasteiger partial charge in [-0.1, -0.05) is 23.7 Å². The highest BCUT2D eigenvalue weighted by Crippen LogP contribution is 2.38. The van der Waals surface area contributed by atoms with Crippen LogP contribution in [-0.4, -0.2) is 17.4 Å². The molecule has 0 aliphatic carbocycles. The molecule has 0 N–H and O–H groups in total. The molecule has 2 aromatic carbocycles. The Kier molecular flexibility index (Phi) is 3.88. The number of aryl methyl sites for hydroxylation is 2. The fourth-order valence-corrected chi connectivity index (χ4v) is 3.72. The number of benzene rings is 2. The predicted molar refractivity (Wildman–Crippen MR) is 102 cm³/mol. The van der Waals surface area contributed by atoms with E-state index in [0.717, 1.165) is 16.7 Å². The van der Waals surface area contributed by atoms with Crippen molar-refractivity contribution >= 4 is 28.5 Å². The van der Waals surface area contributed by atoms with Crippen molar-refractivity contribution in [3.8, 4) is 0 Å². The Balaban J connectivity index is 2.04. The highest BCUT2D eigenvalue weighted by Gasteiger charge is 2.41. The molecule has 0 saturated carbocycles. The summed E-state index contributed by atoms with van der Waals surface area (Å²) in [5, 5.41) is 1.12. The Morgan fingerprint density at radius 2 is 1.73 bits per heavy atom. The van der Waals surface area contributed by atoms with Gasteiger partial charge in [-0.05, 0) is 61.7 Å². The molecule has 0 spiro atoms. The van der Waals surface area contributed by atoms with Crippen molar-refractivity contribution in [3.63, 3.8) is 0 Å². The zero-order chi connectivity index (χ0) is 18.6. The summed E-state index contributed by atoms with van der Waals surface area (Å²) in [6.45, 7) is 6.29. The lowest BCUT2D eigenvalue weighted by Gasteiger charge is -2.23. The number of carbonyl (C=O) groups is 1. The first-order valence-corrected chi connectivity index (χ1v) is 8.94. The Hall–Kier alpha value is -2.59. The Labute approximate surface area is 156 Å². The van der Waals surface area contributed by atoms with Gasteiger partial charge in [-0.25, -0.2) is 0 Å². The maximum Gasteiger partial charge on any atom is 0.290 e. The maximum absolute atomic E-state index is 13.3. The summed E-state index contributed by atoms with van der Waals surface area (Å²) in [6, 6.07) is 10.4. The minimum Gasteiger partial charge on any atom is -0.450 e. The van der Waals surface area contributed by atoms with E-state index in [-0.39, 0.29) is 17.1 Å². The Morgan fingerprint density at radius 1 is 1.08 bits per heavy atom. The van der Waals surface area contributed by atoms with Crippen LogP contribution >= 0.6 is 11.6 Å². The number of halogens is 1. The van der Waals surface area contributed by atoms with Crippen LogP contribution in [0.25, 0.3) is 11.0 Å². The smallest absolute Gasteiger partial charge is 0.290 e. The van der Waals surface area contributed by atoms with Gasteiger partial charge in [0, 0.05) is 11.6 Å². The lowest BCUT2D eigenvalue weighted by atomic mass is 9.97. The van der Waals surface area contributed by atoms with Crippen LogP contribution in [0.2, 0.25) is 5.02 Å². The van der Waals surface area contributed by atoms with Crippen molar-refractivity contribution in [2.45, 2.75) is 26.8 Å². The SMILES string of the molecule is CCN1C(=O)c2oc3cc(C)c(C)cc3c(=O)c2C1c1ccc(Cl)cc1. The molecule has 2 heterocycles. The molecule has 1 aromatic heterocycles. The molecule has 1 atom stereocenters. The average Bonchev–Trinajstić information content (AvgIpc) is 2.90. The van der Waals surface area contributed by atoms with E-state index < -0.39 is 6.04 Å². The third kappa shape index (κ3) is 2.36. The zero-order valence-corrected chi connectivity index (χ0v) is 15.6. The predicted octanol–water partition coefficient (Wildman–Crippen LogP) is 4.63. The van der Waals surface area contributed by atoms with Gasteiger partial charge in [0.25, 0.3) is 5.91 Å². The topological polar surface area (TPSA) is 50.5 Å². The summed E-state index contributed by atoms with van der Waals surface area (Å²) in [6.07, 6.45) is 0. The third-order valence-corrected chi connectivity index (χ3v) is 5.36. The molecule has 1 aliphatic heterocycles. The second kappa shape index (κ2) is 5.99. The third-order valence-electron chi connectivity index (χ3n) is 5.11. The first-order chi connectivity index (χ1) is 12.4. The normalized spacial score (nSPS) is 16.4. The fourth-order valence-electron chi connectivity index (χ4n) is 3.59. The van der Waals surface area contributed by atoms with Gasteiger partial charge in [-0.3, -0.25) is 9.59 Å². The molecule has 1 aliphatic rings. The van der Waals surface area contributed by atoms with E-state index in [4.69, 9.17) is 16.0 Å². The Morgan fingerprint density at radius 3 is 2.38 bits per heavy atom. The highest BCUT2D eigenvalue weighted by atomic mass is 35.5. The van der Waals surface area contributed by atoms with E-state index in [1.54, 1.807) is 17.0 Å². The second-order valence-corrected chi connectivity index (χ2v) is 7.09. The standard InChI is InChI=1S/C21H18ClNO3/c1-4-23-18(13-5-7-14(22)8-6-13)17-19(24)15-9-11(2)12(3)10-16(15)26-20(17)21(23)25/h5-10,18H,4H2,1-3H3. The number of nitrogens with zero attached hydrogens (tertiary/aromatic N) is 1. The molecule has 132 valence electrons. The summed E-state index contributed by atoms with van der Waals surface area (Å²) in [5.74, 6) is -0.104. The molecular formula is C21H18ClNO3. The number of hydrogen-bond acceptors (Lipinski definition) is 3. The minimum atomic E-state index is -0.456. The molecule has 5 heteroatoms. The number of carbonyl (C=O) groups excluding carboxylic acids is 1. The van der Waals surface area contributed by atoms with Crippen LogP contribution in [0.5, 0.6) is 0 Å². The van der Waals surface area contributed by atoms with E-state index in [1.807, 2.05) is 45.0 Å². The van der Waals surface area contributed by atoms with Gasteiger partial charge in [0.1, 0.15) is 5.58 Å². The summed E-state index contributed by atoms with van der Waals surface area (Å²) < 4.78 is 5.92. The summed E-state index contributed by atoms with van der Waals surface area (Å²) >= 11 is 6.00. The lowest BCUT2D eigenvalue weighted by Crippen LogP contribution is -2.29. The molecule has 4 nitrogen and oxygen atoms in total. The maximum atomic E-state index is 13.3. The van der Waals surface area contributed by atoms with E-state index in [2.05, 4.69) is 0 Å². The van der Waals surface area contributed by atoms with Gasteiger partial charge in [0.15, 0.2) is 5.43 Å². The van der Waals surface area contributed by atoms with Gasteiger partial charge < -0.3 is 9.32 Å². The van der Waals surface area contributed by atoms with Gasteiger partial charge in [-0.2, -0.15) is 0 Å². The minimum absolute atomic E-state index is 0.145. The molecule has 0 bridgehead atoms. The molecule has 1 unspecified atom stereocenters. The average molecular weight is 368 g/mol. The van der Waals surface area contributed by atoms with Crippen LogP contribution < -0.4 is 5.43 Å². The van der Waals surface area contributed by atoms with Crippen LogP contribution in [0, 0.1) is 13.8 Å². The largest absolute Gasteiger partial charge is 0.450 e. The van der Waals surface area contributed by atoms with Crippen LogP contribution in [0.4, 0.5) is 0 Å². The molecule has 0 saturated heterocycles. The van der Waals surface area contributed by atoms with Crippen LogP contribution in [0.3, 0.4) is 0 Å². The number of hydrogen-bond donors (Lipinski definition) is 0. The molecule has 26 heavy (non-hydrogen) atoms. The van der Waals surface area contributed by atoms with Gasteiger partial charge in [0.2, 0.25) is 5.76 Å². The van der Waals surface area contributed by atoms with Crippen molar-refractivity contribution in [2.24, 2.45) is 0 Å². The summed E-state index contributed by atoms with van der Waals surface area (Å²) in [7, 11) is 0. The van der Waals surface area contributed by atoms with E-state index in [0.29, 0.717) is 28.1 Å². The Bertz CT molecular complexity index is 1100. The van der Waals surface area contributed by atoms with E-state index in [9.17, 15) is 9.59 Å². The van der Waals surface area contributed by atoms with E-state index in [1.165, 1.54) is 0 Å². The van der Waals surface area contributed by atoms with Crippen LogP contribution in [-0.2, 0) is 0 Å². The molecule has 0 radical (unpaired) electrons. The molecule has 3 aromatic rings. The van der Waals surface area contributed by atoms with Crippen molar-refractivity contribution in [3.05, 3.63) is 79.7 Å². The number of rotatable bonds is 2. The molecular weight excluding hydrogens is 350 g/mol. The molecule has 0 fully saturated rings. The van der Waals surface area contributed by atoms with Crippen molar-refractivity contribution in [1.82, 2.24) is 4.90 Å². The fraction of sp³-hybridized carbons (Fsp3) is 0.238. The van der Waals surface area contributed by atoms with Crippen LogP contribution in [0.1, 0.15) is 45.8 Å². The summed E-state index contributed by atoms with van der Waals surface area (Å²) in [5.41, 5.74) is 3.61. The zero-order valence-electron chi connectivity index (χ0n) is 14.8. The quantitative estimate of drug-likeness (QED) is 0.663. The van der Waals surface area contributed by atoms with Crippen molar-refractivity contribution in [1.29, 1.82) is 0 Å². The lowest BCUT2D eigenvalue weighted by molar-refractivity contribution is 0.0738. The second-order valence-electron chi connectivity index (χ2n) is 6.65. The number of amides is 1. The van der Waals surface area contributed by atoms with Crippen LogP contribution in [0.15, 0.2) is 45.6 Å². The summed E-state index contributed by atoms with van der Waals surface area (Å²) in [4.78, 5) is 27.8. The van der Waals surface area contributed by atoms with E-state index >= 15 is 0 Å². The highest BCUT2D eigenvalue weighted by molar-refractivity contribution is 6.30. The van der Waals surface area contributed by atoms with Crippen molar-refractivity contribution < 1.29 is 9.21 Å². The number of fused-ring (bicyclic) bond motifs is 2. The monoisotopic (exact) mass is 367 g/mol. The molecule has 1 amide bonds. The van der Waals surface area contributed by atoms with Gasteiger partial charge in [0.05, 0.1) is 17.0 Å². The van der Waals surface area contributed by atoms with Gasteiger partial charge in [-0.15, -0.1) is 0 Å². The van der Waals surface area contributed by atoms with Crippen molar-refractivity contribution in [2.75, 3.05) is 6.54 Å². The molecule has 4 rings (SSSR count).